The summed E-state index contributed by atoms with van der Waals surface area (Å²) in [6, 6.07) is 2.74. The minimum atomic E-state index is 0.655. The molecule has 2 unspecified atom stereocenters. The van der Waals surface area contributed by atoms with E-state index in [2.05, 4.69) is 11.4 Å². The van der Waals surface area contributed by atoms with Gasteiger partial charge in [-0.2, -0.15) is 0 Å². The van der Waals surface area contributed by atoms with Gasteiger partial charge in [0.25, 0.3) is 0 Å². The van der Waals surface area contributed by atoms with Crippen molar-refractivity contribution in [3.63, 3.8) is 0 Å². The molecule has 1 heterocycles. The van der Waals surface area contributed by atoms with E-state index in [-0.39, 0.29) is 0 Å². The molecule has 0 amide bonds. The van der Waals surface area contributed by atoms with Crippen molar-refractivity contribution in [1.29, 1.82) is 0 Å². The van der Waals surface area contributed by atoms with Crippen LogP contribution in [0.2, 0.25) is 0 Å². The van der Waals surface area contributed by atoms with Crippen LogP contribution in [0, 0.1) is 0 Å². The van der Waals surface area contributed by atoms with Crippen molar-refractivity contribution in [2.45, 2.75) is 31.2 Å². The average Bonchev–Trinajstić information content (AvgIpc) is 2.74. The van der Waals surface area contributed by atoms with Crippen LogP contribution in [0.3, 0.4) is 0 Å². The molecule has 1 fully saturated rings. The molecule has 2 rings (SSSR count). The Morgan fingerprint density at radius 3 is 3.08 bits per heavy atom. The fourth-order valence-corrected chi connectivity index (χ4v) is 2.19. The number of nitrogens with one attached hydrogen (secondary N) is 1. The van der Waals surface area contributed by atoms with Gasteiger partial charge in [0.05, 0.1) is 12.5 Å². The van der Waals surface area contributed by atoms with Crippen LogP contribution in [0.5, 0.6) is 0 Å². The Morgan fingerprint density at radius 1 is 1.50 bits per heavy atom. The second kappa shape index (κ2) is 3.31. The third kappa shape index (κ3) is 1.27. The Balaban J connectivity index is 2.13. The first-order valence-electron chi connectivity index (χ1n) is 4.61. The van der Waals surface area contributed by atoms with Crippen molar-refractivity contribution >= 4 is 0 Å². The monoisotopic (exact) mass is 165 g/mol. The van der Waals surface area contributed by atoms with Crippen molar-refractivity contribution in [1.82, 2.24) is 5.32 Å². The minimum absolute atomic E-state index is 0.655. The number of rotatable bonds is 2. The Kier molecular flexibility index (Phi) is 2.17. The molecule has 1 aromatic heterocycles. The van der Waals surface area contributed by atoms with Crippen molar-refractivity contribution in [3.05, 3.63) is 24.2 Å². The quantitative estimate of drug-likeness (QED) is 0.726. The lowest BCUT2D eigenvalue weighted by Gasteiger charge is -2.16. The first-order chi connectivity index (χ1) is 5.92. The SMILES string of the molecule is CNC1CCCC1c1ccoc1. The predicted molar refractivity (Wildman–Crippen MR) is 48.1 cm³/mol. The summed E-state index contributed by atoms with van der Waals surface area (Å²) >= 11 is 0. The van der Waals surface area contributed by atoms with Gasteiger partial charge in [-0.1, -0.05) is 6.42 Å². The van der Waals surface area contributed by atoms with Gasteiger partial charge in [-0.05, 0) is 31.5 Å². The van der Waals surface area contributed by atoms with Gasteiger partial charge in [-0.25, -0.2) is 0 Å². The Labute approximate surface area is 73.0 Å². The van der Waals surface area contributed by atoms with Gasteiger partial charge < -0.3 is 9.73 Å². The van der Waals surface area contributed by atoms with Gasteiger partial charge in [0.2, 0.25) is 0 Å². The lowest BCUT2D eigenvalue weighted by Crippen LogP contribution is -2.27. The lowest BCUT2D eigenvalue weighted by atomic mass is 9.97. The highest BCUT2D eigenvalue weighted by Gasteiger charge is 2.27. The molecule has 1 aliphatic carbocycles. The third-order valence-corrected chi connectivity index (χ3v) is 2.86. The summed E-state index contributed by atoms with van der Waals surface area (Å²) in [4.78, 5) is 0. The molecule has 2 heteroatoms. The first kappa shape index (κ1) is 7.87. The summed E-state index contributed by atoms with van der Waals surface area (Å²) in [5.41, 5.74) is 1.35. The molecule has 0 bridgehead atoms. The maximum Gasteiger partial charge on any atom is 0.0937 e. The second-order valence-corrected chi connectivity index (χ2v) is 3.49. The molecule has 1 aliphatic rings. The van der Waals surface area contributed by atoms with Crippen LogP contribution < -0.4 is 5.32 Å². The van der Waals surface area contributed by atoms with Crippen LogP contribution in [0.25, 0.3) is 0 Å². The van der Waals surface area contributed by atoms with E-state index in [0.29, 0.717) is 12.0 Å². The summed E-state index contributed by atoms with van der Waals surface area (Å²) in [6.45, 7) is 0. The van der Waals surface area contributed by atoms with Gasteiger partial charge in [0.1, 0.15) is 0 Å². The maximum atomic E-state index is 5.09. The number of likely N-dealkylation sites (N-methyl/N-ethyl adjacent to an activating group) is 1. The highest BCUT2D eigenvalue weighted by atomic mass is 16.3. The van der Waals surface area contributed by atoms with Crippen molar-refractivity contribution in [2.75, 3.05) is 7.05 Å². The van der Waals surface area contributed by atoms with Crippen LogP contribution in [0.1, 0.15) is 30.7 Å². The molecule has 0 radical (unpaired) electrons. The van der Waals surface area contributed by atoms with Gasteiger partial charge in [-0.15, -0.1) is 0 Å². The molecule has 0 saturated heterocycles. The van der Waals surface area contributed by atoms with Crippen molar-refractivity contribution in [2.24, 2.45) is 0 Å². The number of hydrogen-bond donors (Lipinski definition) is 1. The summed E-state index contributed by atoms with van der Waals surface area (Å²) in [5, 5.41) is 3.36. The van der Waals surface area contributed by atoms with E-state index < -0.39 is 0 Å². The molecule has 1 N–H and O–H groups in total. The summed E-state index contributed by atoms with van der Waals surface area (Å²) in [5.74, 6) is 0.675. The first-order valence-corrected chi connectivity index (χ1v) is 4.61. The molecule has 0 spiro atoms. The Bertz CT molecular complexity index is 230. The number of hydrogen-bond acceptors (Lipinski definition) is 2. The fourth-order valence-electron chi connectivity index (χ4n) is 2.19. The zero-order chi connectivity index (χ0) is 8.39. The van der Waals surface area contributed by atoms with Crippen molar-refractivity contribution < 1.29 is 4.42 Å². The van der Waals surface area contributed by atoms with Gasteiger partial charge in [0, 0.05) is 12.0 Å². The highest BCUT2D eigenvalue weighted by Crippen LogP contribution is 2.34. The molecule has 2 atom stereocenters. The summed E-state index contributed by atoms with van der Waals surface area (Å²) in [6.07, 6.45) is 7.57. The molecule has 66 valence electrons. The zero-order valence-corrected chi connectivity index (χ0v) is 7.42. The van der Waals surface area contributed by atoms with E-state index in [0.717, 1.165) is 0 Å². The topological polar surface area (TPSA) is 25.2 Å². The standard InChI is InChI=1S/C10H15NO/c1-11-10-4-2-3-9(10)8-5-6-12-7-8/h5-7,9-11H,2-4H2,1H3. The van der Waals surface area contributed by atoms with Crippen LogP contribution >= 0.6 is 0 Å². The van der Waals surface area contributed by atoms with E-state index in [1.165, 1.54) is 24.8 Å². The second-order valence-electron chi connectivity index (χ2n) is 3.49. The normalized spacial score (nSPS) is 29.4. The molecule has 2 nitrogen and oxygen atoms in total. The predicted octanol–water partition coefficient (Wildman–Crippen LogP) is 2.14. The average molecular weight is 165 g/mol. The maximum absolute atomic E-state index is 5.09. The van der Waals surface area contributed by atoms with E-state index in [1.807, 2.05) is 13.3 Å². The molecule has 12 heavy (non-hydrogen) atoms. The third-order valence-electron chi connectivity index (χ3n) is 2.86. The molecular weight excluding hydrogens is 150 g/mol. The van der Waals surface area contributed by atoms with E-state index in [9.17, 15) is 0 Å². The van der Waals surface area contributed by atoms with Crippen molar-refractivity contribution in [3.8, 4) is 0 Å². The van der Waals surface area contributed by atoms with Crippen LogP contribution in [-0.2, 0) is 0 Å². The fraction of sp³-hybridized carbons (Fsp3) is 0.600. The van der Waals surface area contributed by atoms with E-state index >= 15 is 0 Å². The van der Waals surface area contributed by atoms with E-state index in [4.69, 9.17) is 4.42 Å². The van der Waals surface area contributed by atoms with Gasteiger partial charge >= 0.3 is 0 Å². The largest absolute Gasteiger partial charge is 0.472 e. The smallest absolute Gasteiger partial charge is 0.0937 e. The molecule has 0 aliphatic heterocycles. The Morgan fingerprint density at radius 2 is 2.42 bits per heavy atom. The molecule has 0 aromatic carbocycles. The van der Waals surface area contributed by atoms with Crippen LogP contribution in [0.4, 0.5) is 0 Å². The molecule has 1 aromatic rings. The highest BCUT2D eigenvalue weighted by molar-refractivity contribution is 5.16. The lowest BCUT2D eigenvalue weighted by molar-refractivity contribution is 0.510. The molecular formula is C10H15NO. The van der Waals surface area contributed by atoms with E-state index in [1.54, 1.807) is 6.26 Å². The minimum Gasteiger partial charge on any atom is -0.472 e. The van der Waals surface area contributed by atoms with Crippen LogP contribution in [-0.4, -0.2) is 13.1 Å². The number of furan rings is 1. The molecule has 1 saturated carbocycles. The Hall–Kier alpha value is -0.760. The van der Waals surface area contributed by atoms with Gasteiger partial charge in [0.15, 0.2) is 0 Å². The summed E-state index contributed by atoms with van der Waals surface area (Å²) in [7, 11) is 2.04. The zero-order valence-electron chi connectivity index (χ0n) is 7.42. The van der Waals surface area contributed by atoms with Gasteiger partial charge in [-0.3, -0.25) is 0 Å². The van der Waals surface area contributed by atoms with Crippen LogP contribution in [0.15, 0.2) is 23.0 Å². The summed E-state index contributed by atoms with van der Waals surface area (Å²) < 4.78 is 5.09.